The van der Waals surface area contributed by atoms with Crippen molar-refractivity contribution < 1.29 is 14.7 Å². The number of benzene rings is 4. The number of nitrogens with zero attached hydrogens (tertiary/aromatic N) is 4. The molecule has 1 aromatic heterocycles. The topological polar surface area (TPSA) is 90.7 Å². The van der Waals surface area contributed by atoms with Crippen molar-refractivity contribution >= 4 is 38.0 Å². The molecule has 0 bridgehead atoms. The van der Waals surface area contributed by atoms with Gasteiger partial charge in [0.1, 0.15) is 0 Å². The minimum atomic E-state index is -0.346. The molecule has 1 aliphatic heterocycles. The molecule has 0 spiro atoms. The van der Waals surface area contributed by atoms with Crippen molar-refractivity contribution in [2.24, 2.45) is 0 Å². The van der Waals surface area contributed by atoms with Gasteiger partial charge in [0.25, 0.3) is 11.8 Å². The number of anilines is 1. The number of amides is 2. The molecular weight excluding hydrogens is 651 g/mol. The Morgan fingerprint density at radius 1 is 0.922 bits per heavy atom. The van der Waals surface area contributed by atoms with Gasteiger partial charge in [-0.05, 0) is 90.4 Å². The molecule has 9 heteroatoms. The molecule has 2 heterocycles. The quantitative estimate of drug-likeness (QED) is 0.0867. The first kappa shape index (κ1) is 36.1. The number of aromatic nitrogens is 2. The number of hydrogen-bond acceptors (Lipinski definition) is 5. The van der Waals surface area contributed by atoms with E-state index in [4.69, 9.17) is 5.10 Å². The van der Waals surface area contributed by atoms with Crippen molar-refractivity contribution in [2.75, 3.05) is 24.7 Å². The van der Waals surface area contributed by atoms with Crippen molar-refractivity contribution in [3.63, 3.8) is 0 Å². The summed E-state index contributed by atoms with van der Waals surface area (Å²) in [6, 6.07) is 31.3. The van der Waals surface area contributed by atoms with Crippen molar-refractivity contribution in [3.05, 3.63) is 125 Å². The number of carbonyl (C=O) groups is 2. The van der Waals surface area contributed by atoms with E-state index in [2.05, 4.69) is 73.4 Å². The number of unbranched alkanes of at least 4 members (excludes halogenated alkanes) is 2. The van der Waals surface area contributed by atoms with Gasteiger partial charge in [-0.25, -0.2) is 4.68 Å². The van der Waals surface area contributed by atoms with Crippen molar-refractivity contribution in [3.8, 4) is 5.69 Å². The van der Waals surface area contributed by atoms with Crippen LogP contribution >= 0.6 is 0 Å². The highest BCUT2D eigenvalue weighted by Gasteiger charge is 2.32. The first-order valence-electron chi connectivity index (χ1n) is 18.4. The second-order valence-corrected chi connectivity index (χ2v) is 14.6. The lowest BCUT2D eigenvalue weighted by atomic mass is 9.93. The Bertz CT molecular complexity index is 1960. The molecule has 8 nitrogen and oxygen atoms in total. The molecule has 2 radical (unpaired) electrons. The summed E-state index contributed by atoms with van der Waals surface area (Å²) in [4.78, 5) is 35.7. The maximum absolute atomic E-state index is 14.6. The van der Waals surface area contributed by atoms with Gasteiger partial charge < -0.3 is 19.9 Å². The van der Waals surface area contributed by atoms with E-state index in [-0.39, 0.29) is 24.5 Å². The number of aryl methyl sites for hydroxylation is 2. The largest absolute Gasteiger partial charge is 0.411 e. The lowest BCUT2D eigenvalue weighted by Crippen LogP contribution is -2.46. The fraction of sp³-hybridized carbons (Fsp3) is 0.357. The third kappa shape index (κ3) is 8.26. The van der Waals surface area contributed by atoms with Crippen LogP contribution in [0.3, 0.4) is 0 Å². The SMILES string of the molecule is CCCCN(CCCC)C(=O)c1cc(C)n(-c2ccc(N[Si]CCc3cccc4ccccc34)cc2C(=O)N2Cc3ccccc3C[C@H]2CO)n1. The molecule has 0 saturated heterocycles. The second-order valence-electron chi connectivity index (χ2n) is 13.5. The number of aliphatic hydroxyl groups excluding tert-OH is 1. The highest BCUT2D eigenvalue weighted by molar-refractivity contribution is 6.40. The van der Waals surface area contributed by atoms with Crippen LogP contribution in [-0.4, -0.2) is 71.9 Å². The van der Waals surface area contributed by atoms with Gasteiger partial charge in [0, 0.05) is 31.0 Å². The summed E-state index contributed by atoms with van der Waals surface area (Å²) in [5.41, 5.74) is 6.68. The minimum Gasteiger partial charge on any atom is -0.411 e. The monoisotopic (exact) mass is 699 g/mol. The van der Waals surface area contributed by atoms with Gasteiger partial charge in [0.05, 0.1) is 23.9 Å². The van der Waals surface area contributed by atoms with Gasteiger partial charge in [-0.3, -0.25) is 9.59 Å². The van der Waals surface area contributed by atoms with Gasteiger partial charge in [0.15, 0.2) is 15.4 Å². The second kappa shape index (κ2) is 17.0. The molecule has 51 heavy (non-hydrogen) atoms. The first-order valence-corrected chi connectivity index (χ1v) is 19.6. The van der Waals surface area contributed by atoms with Crippen molar-refractivity contribution in [1.82, 2.24) is 19.6 Å². The number of carbonyl (C=O) groups excluding carboxylic acids is 2. The average Bonchev–Trinajstić information content (AvgIpc) is 3.56. The van der Waals surface area contributed by atoms with E-state index in [1.165, 1.54) is 16.3 Å². The van der Waals surface area contributed by atoms with Crippen LogP contribution in [0, 0.1) is 6.92 Å². The van der Waals surface area contributed by atoms with Crippen LogP contribution in [0.4, 0.5) is 5.69 Å². The summed E-state index contributed by atoms with van der Waals surface area (Å²) >= 11 is 0. The van der Waals surface area contributed by atoms with Crippen LogP contribution in [0.25, 0.3) is 16.5 Å². The molecule has 2 N–H and O–H groups in total. The van der Waals surface area contributed by atoms with Crippen molar-refractivity contribution in [2.45, 2.75) is 77.9 Å². The summed E-state index contributed by atoms with van der Waals surface area (Å²) in [6.07, 6.45) is 5.43. The van der Waals surface area contributed by atoms with E-state index in [0.717, 1.165) is 60.7 Å². The van der Waals surface area contributed by atoms with Crippen LogP contribution in [-0.2, 0) is 19.4 Å². The van der Waals surface area contributed by atoms with E-state index in [9.17, 15) is 14.7 Å². The average molecular weight is 700 g/mol. The molecule has 0 fully saturated rings. The summed E-state index contributed by atoms with van der Waals surface area (Å²) in [6.45, 7) is 7.87. The fourth-order valence-corrected chi connectivity index (χ4v) is 7.86. The zero-order valence-corrected chi connectivity index (χ0v) is 31.1. The van der Waals surface area contributed by atoms with Gasteiger partial charge in [-0.2, -0.15) is 5.10 Å². The Morgan fingerprint density at radius 3 is 2.41 bits per heavy atom. The normalized spacial score (nSPS) is 14.0. The maximum Gasteiger partial charge on any atom is 0.274 e. The van der Waals surface area contributed by atoms with Gasteiger partial charge >= 0.3 is 0 Å². The Hall–Kier alpha value is -4.73. The predicted octanol–water partition coefficient (Wildman–Crippen LogP) is 7.63. The lowest BCUT2D eigenvalue weighted by molar-refractivity contribution is 0.0544. The van der Waals surface area contributed by atoms with Crippen LogP contribution in [0.2, 0.25) is 6.04 Å². The third-order valence-corrected chi connectivity index (χ3v) is 10.8. The van der Waals surface area contributed by atoms with E-state index in [0.29, 0.717) is 52.7 Å². The molecular formula is C42H49N5O3Si. The smallest absolute Gasteiger partial charge is 0.274 e. The summed E-state index contributed by atoms with van der Waals surface area (Å²) < 4.78 is 1.73. The Morgan fingerprint density at radius 2 is 1.65 bits per heavy atom. The van der Waals surface area contributed by atoms with Crippen LogP contribution in [0.15, 0.2) is 91.0 Å². The van der Waals surface area contributed by atoms with E-state index in [1.54, 1.807) is 9.58 Å². The van der Waals surface area contributed by atoms with Gasteiger partial charge in [0.2, 0.25) is 0 Å². The molecule has 6 rings (SSSR count). The summed E-state index contributed by atoms with van der Waals surface area (Å²) in [5.74, 6) is -0.248. The van der Waals surface area contributed by atoms with Gasteiger partial charge in [-0.1, -0.05) is 93.4 Å². The summed E-state index contributed by atoms with van der Waals surface area (Å²) in [5, 5.41) is 17.8. The molecule has 4 aromatic carbocycles. The Kier molecular flexibility index (Phi) is 12.0. The first-order chi connectivity index (χ1) is 24.9. The Balaban J connectivity index is 1.29. The molecule has 264 valence electrons. The maximum atomic E-state index is 14.6. The summed E-state index contributed by atoms with van der Waals surface area (Å²) in [7, 11) is 0.444. The van der Waals surface area contributed by atoms with Crippen molar-refractivity contribution in [1.29, 1.82) is 0 Å². The number of nitrogens with one attached hydrogen (secondary N) is 1. The lowest BCUT2D eigenvalue weighted by Gasteiger charge is -2.36. The molecule has 0 aliphatic carbocycles. The predicted molar refractivity (Wildman–Crippen MR) is 207 cm³/mol. The number of rotatable bonds is 15. The Labute approximate surface area is 304 Å². The molecule has 2 amide bonds. The molecule has 1 aliphatic rings. The molecule has 1 atom stereocenters. The van der Waals surface area contributed by atoms with Crippen LogP contribution in [0.5, 0.6) is 0 Å². The fourth-order valence-electron chi connectivity index (χ4n) is 6.98. The molecule has 0 unspecified atom stereocenters. The molecule has 0 saturated carbocycles. The number of aliphatic hydroxyl groups is 1. The number of hydrogen-bond donors (Lipinski definition) is 2. The third-order valence-electron chi connectivity index (χ3n) is 9.87. The van der Waals surface area contributed by atoms with E-state index < -0.39 is 0 Å². The molecule has 5 aromatic rings. The highest BCUT2D eigenvalue weighted by atomic mass is 28.2. The standard InChI is InChI=1S/C42H49N5O3Si/c1-4-6-22-45(23-7-5-2)42(50)39-25-30(3)47(43-39)40-20-19-35(44-51-24-21-32-17-12-16-31-13-10-11-18-37(31)32)27-38(40)41(49)46-28-34-15-9-8-14-33(34)26-36(46)29-48/h8-20,25,27,36,44,48H,4-7,21-24,26,28-29H2,1-3H3/t36-/m0/s1. The minimum absolute atomic E-state index is 0.0784. The number of fused-ring (bicyclic) bond motifs is 2. The van der Waals surface area contributed by atoms with E-state index >= 15 is 0 Å². The van der Waals surface area contributed by atoms with E-state index in [1.807, 2.05) is 48.2 Å². The van der Waals surface area contributed by atoms with Gasteiger partial charge in [-0.15, -0.1) is 0 Å². The zero-order valence-electron chi connectivity index (χ0n) is 30.1. The van der Waals surface area contributed by atoms with Crippen LogP contribution < -0.4 is 4.98 Å². The zero-order chi connectivity index (χ0) is 35.7. The highest BCUT2D eigenvalue weighted by Crippen LogP contribution is 2.29. The van der Waals surface area contributed by atoms with Crippen LogP contribution in [0.1, 0.15) is 82.8 Å².